The van der Waals surface area contributed by atoms with E-state index in [0.717, 1.165) is 5.56 Å². The minimum absolute atomic E-state index is 0.115. The van der Waals surface area contributed by atoms with Crippen molar-refractivity contribution in [1.29, 1.82) is 0 Å². The first kappa shape index (κ1) is 21.1. The van der Waals surface area contributed by atoms with Crippen LogP contribution in [0.3, 0.4) is 0 Å². The number of nitrogens with zero attached hydrogens (tertiary/aromatic N) is 1. The van der Waals surface area contributed by atoms with Crippen molar-refractivity contribution >= 4 is 29.1 Å². The molecular weight excluding hydrogens is 415 g/mol. The van der Waals surface area contributed by atoms with Crippen molar-refractivity contribution in [3.8, 4) is 0 Å². The first-order valence-electron chi connectivity index (χ1n) is 10.2. The van der Waals surface area contributed by atoms with E-state index in [-0.39, 0.29) is 24.2 Å². The summed E-state index contributed by atoms with van der Waals surface area (Å²) < 4.78 is 13.6. The Morgan fingerprint density at radius 1 is 1.13 bits per heavy atom. The van der Waals surface area contributed by atoms with E-state index in [1.807, 2.05) is 37.3 Å². The number of halogens is 2. The number of nitrogens with one attached hydrogen (secondary N) is 1. The second kappa shape index (κ2) is 8.90. The Morgan fingerprint density at radius 3 is 2.52 bits per heavy atom. The quantitative estimate of drug-likeness (QED) is 0.583. The summed E-state index contributed by atoms with van der Waals surface area (Å²) in [7, 11) is 0. The minimum Gasteiger partial charge on any atom is -0.324 e. The number of hydrogen-bond acceptors (Lipinski definition) is 2. The first-order valence-corrected chi connectivity index (χ1v) is 10.6. The molecule has 0 saturated carbocycles. The molecule has 1 aliphatic heterocycles. The predicted molar refractivity (Wildman–Crippen MR) is 120 cm³/mol. The van der Waals surface area contributed by atoms with Crippen molar-refractivity contribution in [1.82, 2.24) is 4.90 Å². The maximum Gasteiger partial charge on any atom is 0.244 e. The smallest absolute Gasteiger partial charge is 0.244 e. The van der Waals surface area contributed by atoms with Crippen molar-refractivity contribution in [3.05, 3.63) is 100 Å². The summed E-state index contributed by atoms with van der Waals surface area (Å²) in [5.41, 5.74) is 2.88. The van der Waals surface area contributed by atoms with Crippen LogP contribution in [0.2, 0.25) is 5.02 Å². The molecule has 0 fully saturated rings. The number of carbonyl (C=O) groups is 2. The molecule has 31 heavy (non-hydrogen) atoms. The van der Waals surface area contributed by atoms with Gasteiger partial charge < -0.3 is 10.2 Å². The van der Waals surface area contributed by atoms with Gasteiger partial charge in [0.2, 0.25) is 11.8 Å². The number of carbonyl (C=O) groups excluding carboxylic acids is 2. The van der Waals surface area contributed by atoms with E-state index < -0.39 is 12.0 Å². The highest BCUT2D eigenvalue weighted by molar-refractivity contribution is 6.30. The number of anilines is 1. The molecule has 3 aromatic rings. The Bertz CT molecular complexity index is 1100. The van der Waals surface area contributed by atoms with Crippen LogP contribution in [0.4, 0.5) is 10.1 Å². The third kappa shape index (κ3) is 4.32. The predicted octanol–water partition coefficient (Wildman–Crippen LogP) is 5.54. The Kier molecular flexibility index (Phi) is 6.05. The molecule has 6 heteroatoms. The van der Waals surface area contributed by atoms with Gasteiger partial charge in [-0.05, 0) is 47.9 Å². The number of rotatable bonds is 4. The van der Waals surface area contributed by atoms with Crippen molar-refractivity contribution < 1.29 is 14.0 Å². The largest absolute Gasteiger partial charge is 0.324 e. The summed E-state index contributed by atoms with van der Waals surface area (Å²) in [4.78, 5) is 28.1. The number of fused-ring (bicyclic) bond motifs is 1. The average molecular weight is 437 g/mol. The molecule has 4 nitrogen and oxygen atoms in total. The molecule has 1 N–H and O–H groups in total. The lowest BCUT2D eigenvalue weighted by atomic mass is 9.91. The highest BCUT2D eigenvalue weighted by Gasteiger charge is 2.36. The van der Waals surface area contributed by atoms with Crippen molar-refractivity contribution in [2.45, 2.75) is 25.3 Å². The first-order chi connectivity index (χ1) is 15.0. The topological polar surface area (TPSA) is 49.4 Å². The minimum atomic E-state index is -0.585. The second-order valence-corrected chi connectivity index (χ2v) is 8.01. The van der Waals surface area contributed by atoms with E-state index in [2.05, 4.69) is 5.32 Å². The van der Waals surface area contributed by atoms with Crippen LogP contribution in [-0.2, 0) is 9.59 Å². The maximum absolute atomic E-state index is 13.8. The van der Waals surface area contributed by atoms with Crippen LogP contribution in [0.15, 0.2) is 72.8 Å². The zero-order valence-corrected chi connectivity index (χ0v) is 17.8. The van der Waals surface area contributed by atoms with Crippen molar-refractivity contribution in [3.63, 3.8) is 0 Å². The molecule has 0 saturated heterocycles. The van der Waals surface area contributed by atoms with Gasteiger partial charge in [-0.3, -0.25) is 9.59 Å². The fraction of sp³-hybridized carbons (Fsp3) is 0.200. The fourth-order valence-electron chi connectivity index (χ4n) is 4.13. The second-order valence-electron chi connectivity index (χ2n) is 7.57. The molecular formula is C25H22ClFN2O2. The Labute approximate surface area is 185 Å². The van der Waals surface area contributed by atoms with Gasteiger partial charge in [0, 0.05) is 16.3 Å². The number of benzene rings is 3. The molecule has 0 spiro atoms. The van der Waals surface area contributed by atoms with Crippen LogP contribution in [0.5, 0.6) is 0 Å². The van der Waals surface area contributed by atoms with E-state index in [9.17, 15) is 14.0 Å². The van der Waals surface area contributed by atoms with Crippen LogP contribution in [0.1, 0.15) is 42.0 Å². The zero-order chi connectivity index (χ0) is 22.0. The van der Waals surface area contributed by atoms with E-state index >= 15 is 0 Å². The highest BCUT2D eigenvalue weighted by atomic mass is 35.5. The monoisotopic (exact) mass is 436 g/mol. The van der Waals surface area contributed by atoms with Gasteiger partial charge in [0.1, 0.15) is 12.4 Å². The molecule has 0 radical (unpaired) electrons. The lowest BCUT2D eigenvalue weighted by Gasteiger charge is -2.33. The summed E-state index contributed by atoms with van der Waals surface area (Å²) >= 11 is 6.28. The molecule has 2 atom stereocenters. The number of hydrogen-bond donors (Lipinski definition) is 1. The lowest BCUT2D eigenvalue weighted by molar-refractivity contribution is -0.137. The van der Waals surface area contributed by atoms with Gasteiger partial charge in [-0.2, -0.15) is 0 Å². The Morgan fingerprint density at radius 2 is 1.84 bits per heavy atom. The molecule has 0 unspecified atom stereocenters. The van der Waals surface area contributed by atoms with E-state index in [1.54, 1.807) is 35.2 Å². The molecule has 0 aromatic heterocycles. The van der Waals surface area contributed by atoms with Crippen LogP contribution in [0.25, 0.3) is 0 Å². The van der Waals surface area contributed by atoms with Crippen molar-refractivity contribution in [2.24, 2.45) is 0 Å². The van der Waals surface area contributed by atoms with Crippen molar-refractivity contribution in [2.75, 3.05) is 11.9 Å². The molecule has 2 amide bonds. The van der Waals surface area contributed by atoms with Gasteiger partial charge in [0.15, 0.2) is 0 Å². The van der Waals surface area contributed by atoms with Crippen LogP contribution >= 0.6 is 11.6 Å². The normalized spacial score (nSPS) is 16.8. The van der Waals surface area contributed by atoms with Gasteiger partial charge in [-0.25, -0.2) is 4.39 Å². The van der Waals surface area contributed by atoms with Crippen LogP contribution in [0, 0.1) is 5.82 Å². The summed E-state index contributed by atoms with van der Waals surface area (Å²) in [5.74, 6) is -1.22. The van der Waals surface area contributed by atoms with Gasteiger partial charge in [-0.1, -0.05) is 61.0 Å². The third-order valence-corrected chi connectivity index (χ3v) is 5.82. The SMILES string of the molecule is CC[C@@H](C(=O)N1CC(=O)Nc2ccc(Cl)cc2[C@@H]1c1ccc(F)cc1)c1ccccc1. The molecule has 1 heterocycles. The summed E-state index contributed by atoms with van der Waals surface area (Å²) in [6, 6.07) is 20.1. The molecule has 0 aliphatic carbocycles. The zero-order valence-electron chi connectivity index (χ0n) is 17.0. The van der Waals surface area contributed by atoms with Gasteiger partial charge in [0.25, 0.3) is 0 Å². The van der Waals surface area contributed by atoms with E-state index in [0.29, 0.717) is 28.3 Å². The van der Waals surface area contributed by atoms with E-state index in [4.69, 9.17) is 11.6 Å². The molecule has 3 aromatic carbocycles. The molecule has 0 bridgehead atoms. The summed E-state index contributed by atoms with van der Waals surface area (Å²) in [5, 5.41) is 3.37. The maximum atomic E-state index is 13.8. The average Bonchev–Trinajstić information content (AvgIpc) is 2.91. The molecule has 1 aliphatic rings. The summed E-state index contributed by atoms with van der Waals surface area (Å²) in [6.45, 7) is 1.84. The third-order valence-electron chi connectivity index (χ3n) is 5.59. The van der Waals surface area contributed by atoms with Crippen LogP contribution < -0.4 is 5.32 Å². The molecule has 158 valence electrons. The van der Waals surface area contributed by atoms with Gasteiger partial charge in [-0.15, -0.1) is 0 Å². The highest BCUT2D eigenvalue weighted by Crippen LogP contribution is 2.39. The summed E-state index contributed by atoms with van der Waals surface area (Å²) in [6.07, 6.45) is 0.583. The Hall–Kier alpha value is -3.18. The standard InChI is InChI=1S/C25H22ClFN2O2/c1-2-20(16-6-4-3-5-7-16)25(31)29-15-23(30)28-22-13-10-18(26)14-21(22)24(29)17-8-11-19(27)12-9-17/h3-14,20,24H,2,15H2,1H3,(H,28,30)/t20-,24+/m1/s1. The number of amides is 2. The van der Waals surface area contributed by atoms with Gasteiger partial charge in [0.05, 0.1) is 12.0 Å². The van der Waals surface area contributed by atoms with E-state index in [1.165, 1.54) is 12.1 Å². The van der Waals surface area contributed by atoms with Gasteiger partial charge >= 0.3 is 0 Å². The fourth-order valence-corrected chi connectivity index (χ4v) is 4.31. The Balaban J connectivity index is 1.86. The molecule has 4 rings (SSSR count). The lowest BCUT2D eigenvalue weighted by Crippen LogP contribution is -2.41. The van der Waals surface area contributed by atoms with Crippen LogP contribution in [-0.4, -0.2) is 23.3 Å².